The summed E-state index contributed by atoms with van der Waals surface area (Å²) in [6.45, 7) is 0.560. The first-order valence-corrected chi connectivity index (χ1v) is 10.5. The number of carbonyl (C=O) groups excluding carboxylic acids is 1. The van der Waals surface area contributed by atoms with Gasteiger partial charge in [0, 0.05) is 18.8 Å². The van der Waals surface area contributed by atoms with Gasteiger partial charge in [0.1, 0.15) is 0 Å². The van der Waals surface area contributed by atoms with Crippen LogP contribution in [0.3, 0.4) is 0 Å². The van der Waals surface area contributed by atoms with Crippen LogP contribution in [0.4, 0.5) is 0 Å². The third kappa shape index (κ3) is 3.34. The van der Waals surface area contributed by atoms with Crippen LogP contribution in [0.2, 0.25) is 0 Å². The lowest BCUT2D eigenvalue weighted by Crippen LogP contribution is -2.39. The molecule has 0 N–H and O–H groups in total. The molecule has 3 aromatic rings. The van der Waals surface area contributed by atoms with Crippen LogP contribution in [0.1, 0.15) is 59.5 Å². The van der Waals surface area contributed by atoms with Crippen molar-refractivity contribution in [1.29, 1.82) is 0 Å². The van der Waals surface area contributed by atoms with E-state index in [1.807, 2.05) is 47.0 Å². The van der Waals surface area contributed by atoms with Crippen LogP contribution in [-0.4, -0.2) is 41.6 Å². The van der Waals surface area contributed by atoms with E-state index in [1.54, 1.807) is 6.20 Å². The smallest absolute Gasteiger partial charge is 0.276 e. The summed E-state index contributed by atoms with van der Waals surface area (Å²) in [6.07, 6.45) is 9.35. The summed E-state index contributed by atoms with van der Waals surface area (Å²) in [6, 6.07) is 9.94. The summed E-state index contributed by atoms with van der Waals surface area (Å²) in [5.74, 6) is -0.0449. The number of carbonyl (C=O) groups is 1. The average Bonchev–Trinajstić information content (AvgIpc) is 3.53. The van der Waals surface area contributed by atoms with Gasteiger partial charge in [-0.25, -0.2) is 0 Å². The predicted molar refractivity (Wildman–Crippen MR) is 109 cm³/mol. The molecule has 1 fully saturated rings. The Morgan fingerprint density at radius 1 is 1.10 bits per heavy atom. The lowest BCUT2D eigenvalue weighted by Gasteiger charge is -2.28. The van der Waals surface area contributed by atoms with Crippen LogP contribution < -0.4 is 0 Å². The number of amides is 1. The first-order valence-electron chi connectivity index (χ1n) is 10.5. The third-order valence-corrected chi connectivity index (χ3v) is 6.24. The normalized spacial score (nSPS) is 16.3. The van der Waals surface area contributed by atoms with Crippen molar-refractivity contribution < 1.29 is 4.79 Å². The first-order chi connectivity index (χ1) is 14.2. The Hall–Kier alpha value is -2.96. The van der Waals surface area contributed by atoms with Crippen LogP contribution in [0.5, 0.6) is 0 Å². The molecule has 1 aromatic carbocycles. The number of benzene rings is 1. The minimum absolute atomic E-state index is 0.0449. The second-order valence-electron chi connectivity index (χ2n) is 8.08. The van der Waals surface area contributed by atoms with Crippen molar-refractivity contribution in [3.63, 3.8) is 0 Å². The summed E-state index contributed by atoms with van der Waals surface area (Å²) >= 11 is 0. The number of aromatic nitrogens is 5. The van der Waals surface area contributed by atoms with Crippen molar-refractivity contribution in [3.8, 4) is 5.69 Å². The van der Waals surface area contributed by atoms with E-state index in [9.17, 15) is 4.79 Å². The maximum Gasteiger partial charge on any atom is 0.276 e. The maximum absolute atomic E-state index is 13.5. The van der Waals surface area contributed by atoms with Gasteiger partial charge in [-0.2, -0.15) is 15.0 Å². The van der Waals surface area contributed by atoms with Crippen LogP contribution in [0.15, 0.2) is 36.5 Å². The fourth-order valence-corrected chi connectivity index (χ4v) is 4.76. The number of rotatable bonds is 5. The van der Waals surface area contributed by atoms with Crippen molar-refractivity contribution >= 4 is 5.91 Å². The molecule has 7 heteroatoms. The van der Waals surface area contributed by atoms with Crippen LogP contribution >= 0.6 is 0 Å². The molecular formula is C22H26N6O. The minimum Gasteiger partial charge on any atom is -0.328 e. The van der Waals surface area contributed by atoms with E-state index in [4.69, 9.17) is 5.10 Å². The number of para-hydroxylation sites is 1. The molecule has 7 nitrogen and oxygen atoms in total. The third-order valence-electron chi connectivity index (χ3n) is 6.24. The second kappa shape index (κ2) is 7.46. The number of nitrogens with zero attached hydrogens (tertiary/aromatic N) is 6. The Labute approximate surface area is 170 Å². The highest BCUT2D eigenvalue weighted by Crippen LogP contribution is 2.30. The molecule has 1 amide bonds. The van der Waals surface area contributed by atoms with Gasteiger partial charge in [-0.15, -0.1) is 5.10 Å². The highest BCUT2D eigenvalue weighted by atomic mass is 16.2. The SMILES string of the molecule is Cn1nc(CN(C(=O)c2cnn(-c3ccccc3)n2)C2CCCC2)c2c1CCC2. The van der Waals surface area contributed by atoms with E-state index < -0.39 is 0 Å². The highest BCUT2D eigenvalue weighted by molar-refractivity contribution is 5.92. The molecule has 0 bridgehead atoms. The molecule has 0 atom stereocenters. The average molecular weight is 390 g/mol. The van der Waals surface area contributed by atoms with E-state index in [0.717, 1.165) is 37.1 Å². The molecule has 1 saturated carbocycles. The van der Waals surface area contributed by atoms with Gasteiger partial charge < -0.3 is 4.90 Å². The fraction of sp³-hybridized carbons (Fsp3) is 0.455. The Bertz CT molecular complexity index is 1020. The van der Waals surface area contributed by atoms with Gasteiger partial charge in [-0.1, -0.05) is 31.0 Å². The zero-order valence-corrected chi connectivity index (χ0v) is 16.8. The largest absolute Gasteiger partial charge is 0.328 e. The topological polar surface area (TPSA) is 68.8 Å². The molecule has 2 aliphatic rings. The molecule has 0 saturated heterocycles. The van der Waals surface area contributed by atoms with Gasteiger partial charge in [-0.3, -0.25) is 9.48 Å². The van der Waals surface area contributed by atoms with Gasteiger partial charge in [-0.05, 0) is 49.8 Å². The van der Waals surface area contributed by atoms with Gasteiger partial charge in [0.15, 0.2) is 5.69 Å². The molecule has 0 aliphatic heterocycles. The van der Waals surface area contributed by atoms with Gasteiger partial charge in [0.25, 0.3) is 5.91 Å². The van der Waals surface area contributed by atoms with Gasteiger partial charge in [0.05, 0.1) is 24.1 Å². The number of fused-ring (bicyclic) bond motifs is 1. The van der Waals surface area contributed by atoms with Crippen LogP contribution in [0.25, 0.3) is 5.69 Å². The van der Waals surface area contributed by atoms with Gasteiger partial charge >= 0.3 is 0 Å². The molecule has 29 heavy (non-hydrogen) atoms. The molecule has 2 aromatic heterocycles. The summed E-state index contributed by atoms with van der Waals surface area (Å²) in [5.41, 5.74) is 4.97. The number of hydrogen-bond acceptors (Lipinski definition) is 4. The van der Waals surface area contributed by atoms with Crippen LogP contribution in [-0.2, 0) is 26.4 Å². The Balaban J connectivity index is 1.44. The van der Waals surface area contributed by atoms with Crippen molar-refractivity contribution in [2.24, 2.45) is 7.05 Å². The van der Waals surface area contributed by atoms with Crippen molar-refractivity contribution in [1.82, 2.24) is 29.7 Å². The van der Waals surface area contributed by atoms with Gasteiger partial charge in [0.2, 0.25) is 0 Å². The lowest BCUT2D eigenvalue weighted by atomic mass is 10.1. The molecule has 150 valence electrons. The van der Waals surface area contributed by atoms with Crippen molar-refractivity contribution in [2.45, 2.75) is 57.5 Å². The second-order valence-corrected chi connectivity index (χ2v) is 8.08. The summed E-state index contributed by atoms with van der Waals surface area (Å²) < 4.78 is 2.00. The Kier molecular flexibility index (Phi) is 4.66. The number of aryl methyl sites for hydroxylation is 1. The lowest BCUT2D eigenvalue weighted by molar-refractivity contribution is 0.0654. The van der Waals surface area contributed by atoms with E-state index in [2.05, 4.69) is 10.2 Å². The molecular weight excluding hydrogens is 364 g/mol. The van der Waals surface area contributed by atoms with Crippen molar-refractivity contribution in [2.75, 3.05) is 0 Å². The molecule has 2 heterocycles. The fourth-order valence-electron chi connectivity index (χ4n) is 4.76. The summed E-state index contributed by atoms with van der Waals surface area (Å²) in [7, 11) is 2.01. The van der Waals surface area contributed by atoms with E-state index in [-0.39, 0.29) is 11.9 Å². The summed E-state index contributed by atoms with van der Waals surface area (Å²) in [4.78, 5) is 17.0. The minimum atomic E-state index is -0.0449. The van der Waals surface area contributed by atoms with E-state index >= 15 is 0 Å². The highest BCUT2D eigenvalue weighted by Gasteiger charge is 2.32. The Morgan fingerprint density at radius 3 is 2.69 bits per heavy atom. The summed E-state index contributed by atoms with van der Waals surface area (Å²) in [5, 5.41) is 13.6. The standard InChI is InChI=1S/C22H26N6O/c1-26-21-13-7-12-18(21)20(24-26)15-27(16-8-5-6-9-16)22(29)19-14-23-28(25-19)17-10-3-2-4-11-17/h2-4,10-11,14,16H,5-9,12-13,15H2,1H3. The molecule has 2 aliphatic carbocycles. The zero-order valence-electron chi connectivity index (χ0n) is 16.8. The first kappa shape index (κ1) is 18.1. The Morgan fingerprint density at radius 2 is 1.90 bits per heavy atom. The molecule has 0 unspecified atom stereocenters. The number of hydrogen-bond donors (Lipinski definition) is 0. The predicted octanol–water partition coefficient (Wildman–Crippen LogP) is 3.07. The molecule has 5 rings (SSSR count). The monoisotopic (exact) mass is 390 g/mol. The maximum atomic E-state index is 13.5. The van der Waals surface area contributed by atoms with E-state index in [1.165, 1.54) is 35.3 Å². The van der Waals surface area contributed by atoms with Crippen LogP contribution in [0, 0.1) is 0 Å². The quantitative estimate of drug-likeness (QED) is 0.671. The zero-order chi connectivity index (χ0) is 19.8. The molecule has 0 radical (unpaired) electrons. The molecule has 0 spiro atoms. The van der Waals surface area contributed by atoms with Crippen molar-refractivity contribution in [3.05, 3.63) is 59.2 Å². The van der Waals surface area contributed by atoms with E-state index in [0.29, 0.717) is 12.2 Å².